The molecule has 1 fully saturated rings. The predicted molar refractivity (Wildman–Crippen MR) is 106 cm³/mol. The molecule has 1 saturated carbocycles. The fraction of sp³-hybridized carbons (Fsp3) is 0.714. The molecule has 150 valence electrons. The number of pyridine rings is 1. The molecule has 0 aromatic carbocycles. The molecule has 2 bridgehead atoms. The molecule has 2 atom stereocenters. The molecular formula is C21H34N4O2. The van der Waals surface area contributed by atoms with Crippen molar-refractivity contribution in [3.8, 4) is 0 Å². The molecule has 1 aromatic rings. The summed E-state index contributed by atoms with van der Waals surface area (Å²) >= 11 is 0. The number of aromatic nitrogens is 1. The summed E-state index contributed by atoms with van der Waals surface area (Å²) in [4.78, 5) is 19.6. The van der Waals surface area contributed by atoms with Crippen molar-refractivity contribution >= 4 is 5.97 Å². The molecule has 27 heavy (non-hydrogen) atoms. The number of carbonyl (C=O) groups excluding carboxylic acids is 1. The molecule has 6 nitrogen and oxygen atoms in total. The number of rotatable bonds is 2. The number of fused-ring (bicyclic) bond motifs is 3. The van der Waals surface area contributed by atoms with Crippen LogP contribution in [-0.2, 0) is 22.6 Å². The van der Waals surface area contributed by atoms with Crippen LogP contribution in [0, 0.1) is 0 Å². The lowest BCUT2D eigenvalue weighted by Crippen LogP contribution is -2.54. The summed E-state index contributed by atoms with van der Waals surface area (Å²) in [5, 5.41) is 7.21. The van der Waals surface area contributed by atoms with Crippen molar-refractivity contribution in [3.63, 3.8) is 0 Å². The predicted octanol–water partition coefficient (Wildman–Crippen LogP) is 2.23. The Labute approximate surface area is 163 Å². The lowest BCUT2D eigenvalue weighted by molar-refractivity contribution is -0.157. The Balaban J connectivity index is 1.73. The van der Waals surface area contributed by atoms with Crippen LogP contribution >= 0.6 is 0 Å². The van der Waals surface area contributed by atoms with Crippen LogP contribution in [0.1, 0.15) is 57.8 Å². The zero-order valence-corrected chi connectivity index (χ0v) is 17.0. The maximum absolute atomic E-state index is 12.5. The third-order valence-electron chi connectivity index (χ3n) is 5.24. The summed E-state index contributed by atoms with van der Waals surface area (Å²) in [7, 11) is 0. The number of nitrogens with zero attached hydrogens (tertiary/aromatic N) is 2. The van der Waals surface area contributed by atoms with Gasteiger partial charge in [-0.3, -0.25) is 14.7 Å². The molecule has 1 aromatic heterocycles. The van der Waals surface area contributed by atoms with Crippen molar-refractivity contribution in [1.29, 1.82) is 0 Å². The number of ether oxygens (including phenoxy) is 1. The van der Waals surface area contributed by atoms with Crippen LogP contribution < -0.4 is 10.6 Å². The van der Waals surface area contributed by atoms with E-state index in [0.717, 1.165) is 50.4 Å². The Bertz CT molecular complexity index is 629. The van der Waals surface area contributed by atoms with E-state index < -0.39 is 5.60 Å². The minimum atomic E-state index is -0.444. The van der Waals surface area contributed by atoms with Crippen LogP contribution in [0.4, 0.5) is 0 Å². The average Bonchev–Trinajstić information content (AvgIpc) is 2.61. The largest absolute Gasteiger partial charge is 0.459 e. The second-order valence-corrected chi connectivity index (χ2v) is 8.69. The van der Waals surface area contributed by atoms with Gasteiger partial charge in [0.25, 0.3) is 0 Å². The molecule has 1 aliphatic heterocycles. The third kappa shape index (κ3) is 6.26. The number of esters is 1. The van der Waals surface area contributed by atoms with Crippen LogP contribution in [0.3, 0.4) is 0 Å². The van der Waals surface area contributed by atoms with Gasteiger partial charge in [0.15, 0.2) is 0 Å². The highest BCUT2D eigenvalue weighted by Gasteiger charge is 2.32. The van der Waals surface area contributed by atoms with Crippen molar-refractivity contribution in [2.75, 3.05) is 19.6 Å². The van der Waals surface area contributed by atoms with Gasteiger partial charge in [-0.2, -0.15) is 0 Å². The van der Waals surface area contributed by atoms with Gasteiger partial charge in [0.1, 0.15) is 5.60 Å². The van der Waals surface area contributed by atoms with Gasteiger partial charge in [0, 0.05) is 38.3 Å². The first-order valence-corrected chi connectivity index (χ1v) is 10.3. The minimum absolute atomic E-state index is 0.134. The number of nitrogens with one attached hydrogen (secondary N) is 2. The van der Waals surface area contributed by atoms with Crippen molar-refractivity contribution in [2.24, 2.45) is 0 Å². The Morgan fingerprint density at radius 3 is 2.74 bits per heavy atom. The molecule has 0 unspecified atom stereocenters. The fourth-order valence-corrected chi connectivity index (χ4v) is 4.09. The summed E-state index contributed by atoms with van der Waals surface area (Å²) in [6, 6.07) is 6.96. The van der Waals surface area contributed by atoms with Crippen LogP contribution in [0.25, 0.3) is 0 Å². The standard InChI is InChI=1S/C21H34N4O2/c1-21(2,3)27-20(26)15-25-12-11-22-13-16-7-6-8-17(24-16)14-23-18-9-4-5-10-19(18)25/h6-8,18-19,22-23H,4-5,9-15H2,1-3H3/t18-,19-/m1/s1. The van der Waals surface area contributed by atoms with E-state index in [2.05, 4.69) is 33.7 Å². The molecule has 2 heterocycles. The van der Waals surface area contributed by atoms with E-state index in [0.29, 0.717) is 18.6 Å². The molecule has 2 aliphatic rings. The highest BCUT2D eigenvalue weighted by molar-refractivity contribution is 5.72. The van der Waals surface area contributed by atoms with Crippen molar-refractivity contribution < 1.29 is 9.53 Å². The summed E-state index contributed by atoms with van der Waals surface area (Å²) in [6.45, 7) is 9.32. The highest BCUT2D eigenvalue weighted by atomic mass is 16.6. The number of hydrogen-bond acceptors (Lipinski definition) is 6. The zero-order valence-electron chi connectivity index (χ0n) is 17.0. The molecule has 0 saturated heterocycles. The fourth-order valence-electron chi connectivity index (χ4n) is 4.09. The van der Waals surface area contributed by atoms with E-state index in [9.17, 15) is 4.79 Å². The smallest absolute Gasteiger partial charge is 0.320 e. The molecule has 1 aliphatic carbocycles. The van der Waals surface area contributed by atoms with E-state index in [1.807, 2.05) is 20.8 Å². The molecule has 2 N–H and O–H groups in total. The van der Waals surface area contributed by atoms with Gasteiger partial charge in [0.2, 0.25) is 0 Å². The average molecular weight is 375 g/mol. The highest BCUT2D eigenvalue weighted by Crippen LogP contribution is 2.24. The second-order valence-electron chi connectivity index (χ2n) is 8.69. The summed E-state index contributed by atoms with van der Waals surface area (Å²) < 4.78 is 5.59. The van der Waals surface area contributed by atoms with Crippen LogP contribution in [-0.4, -0.2) is 53.2 Å². The zero-order chi connectivity index (χ0) is 19.3. The molecule has 0 spiro atoms. The molecular weight excluding hydrogens is 340 g/mol. The van der Waals surface area contributed by atoms with Gasteiger partial charge < -0.3 is 15.4 Å². The van der Waals surface area contributed by atoms with Crippen LogP contribution in [0.5, 0.6) is 0 Å². The second kappa shape index (κ2) is 9.13. The van der Waals surface area contributed by atoms with E-state index >= 15 is 0 Å². The van der Waals surface area contributed by atoms with E-state index in [4.69, 9.17) is 9.72 Å². The topological polar surface area (TPSA) is 66.5 Å². The quantitative estimate of drug-likeness (QED) is 0.774. The van der Waals surface area contributed by atoms with Gasteiger partial charge in [-0.25, -0.2) is 0 Å². The van der Waals surface area contributed by atoms with Crippen LogP contribution in [0.15, 0.2) is 18.2 Å². The van der Waals surface area contributed by atoms with E-state index in [-0.39, 0.29) is 5.97 Å². The monoisotopic (exact) mass is 374 g/mol. The summed E-state index contributed by atoms with van der Waals surface area (Å²) in [5.41, 5.74) is 1.70. The molecule has 3 rings (SSSR count). The molecule has 6 heteroatoms. The van der Waals surface area contributed by atoms with E-state index in [1.165, 1.54) is 12.8 Å². The first kappa shape index (κ1) is 20.2. The van der Waals surface area contributed by atoms with Gasteiger partial charge in [0.05, 0.1) is 17.9 Å². The first-order chi connectivity index (χ1) is 12.9. The Morgan fingerprint density at radius 2 is 1.96 bits per heavy atom. The Morgan fingerprint density at radius 1 is 1.22 bits per heavy atom. The normalized spacial score (nSPS) is 25.0. The third-order valence-corrected chi connectivity index (χ3v) is 5.24. The number of hydrogen-bond donors (Lipinski definition) is 2. The minimum Gasteiger partial charge on any atom is -0.459 e. The van der Waals surface area contributed by atoms with Gasteiger partial charge >= 0.3 is 5.97 Å². The first-order valence-electron chi connectivity index (χ1n) is 10.3. The number of carbonyl (C=O) groups is 1. The lowest BCUT2D eigenvalue weighted by atomic mass is 9.89. The van der Waals surface area contributed by atoms with Crippen LogP contribution in [0.2, 0.25) is 0 Å². The Hall–Kier alpha value is -1.50. The maximum Gasteiger partial charge on any atom is 0.320 e. The summed E-state index contributed by atoms with van der Waals surface area (Å²) in [5.74, 6) is -0.134. The van der Waals surface area contributed by atoms with Gasteiger partial charge in [-0.15, -0.1) is 0 Å². The SMILES string of the molecule is CC(C)(C)OC(=O)CN1CCNCc2cccc(n2)CN[C@@H]2CCCC[C@H]21. The van der Waals surface area contributed by atoms with E-state index in [1.54, 1.807) is 0 Å². The van der Waals surface area contributed by atoms with Crippen molar-refractivity contribution in [1.82, 2.24) is 20.5 Å². The lowest BCUT2D eigenvalue weighted by Gasteiger charge is -2.40. The molecule has 0 radical (unpaired) electrons. The molecule has 0 amide bonds. The Kier molecular flexibility index (Phi) is 6.84. The maximum atomic E-state index is 12.5. The van der Waals surface area contributed by atoms with Gasteiger partial charge in [-0.1, -0.05) is 18.9 Å². The van der Waals surface area contributed by atoms with Gasteiger partial charge in [-0.05, 0) is 45.7 Å². The summed E-state index contributed by atoms with van der Waals surface area (Å²) in [6.07, 6.45) is 4.71. The van der Waals surface area contributed by atoms with Crippen molar-refractivity contribution in [2.45, 2.75) is 77.2 Å². The van der Waals surface area contributed by atoms with Crippen molar-refractivity contribution in [3.05, 3.63) is 29.6 Å².